The lowest BCUT2D eigenvalue weighted by molar-refractivity contribution is 0.0366. The molecule has 0 amide bonds. The smallest absolute Gasteiger partial charge is 0.253 e. The number of aromatic nitrogens is 3. The van der Waals surface area contributed by atoms with E-state index in [1.54, 1.807) is 0 Å². The predicted molar refractivity (Wildman–Crippen MR) is 109 cm³/mol. The molecule has 2 unspecified atom stereocenters. The minimum Gasteiger partial charge on any atom is -0.379 e. The fourth-order valence-corrected chi connectivity index (χ4v) is 5.39. The third kappa shape index (κ3) is 3.40. The number of nitrogens with one attached hydrogen (secondary N) is 3. The highest BCUT2D eigenvalue weighted by Crippen LogP contribution is 2.37. The van der Waals surface area contributed by atoms with E-state index in [0.29, 0.717) is 5.92 Å². The second-order valence-electron chi connectivity index (χ2n) is 8.55. The number of morpholine rings is 1. The van der Waals surface area contributed by atoms with Crippen molar-refractivity contribution < 1.29 is 4.74 Å². The van der Waals surface area contributed by atoms with Crippen molar-refractivity contribution in [3.05, 3.63) is 27.2 Å². The Hall–Kier alpha value is -1.70. The maximum absolute atomic E-state index is 12.4. The minimum atomic E-state index is 0.0684. The molecule has 0 aromatic carbocycles. The molecule has 3 N–H and O–H groups in total. The van der Waals surface area contributed by atoms with Crippen LogP contribution in [0.3, 0.4) is 0 Å². The summed E-state index contributed by atoms with van der Waals surface area (Å²) >= 11 is 0. The Morgan fingerprint density at radius 1 is 1.14 bits per heavy atom. The van der Waals surface area contributed by atoms with Gasteiger partial charge in [0.1, 0.15) is 5.65 Å². The quantitative estimate of drug-likeness (QED) is 0.732. The number of hydrogen-bond donors (Lipinski definition) is 3. The number of aryl methyl sites for hydroxylation is 1. The fraction of sp³-hybridized carbons (Fsp3) is 0.714. The van der Waals surface area contributed by atoms with Crippen molar-refractivity contribution in [2.75, 3.05) is 39.4 Å². The average molecular weight is 386 g/mol. The number of nitrogens with zero attached hydrogens (tertiary/aromatic N) is 2. The highest BCUT2D eigenvalue weighted by Gasteiger charge is 2.33. The summed E-state index contributed by atoms with van der Waals surface area (Å²) in [6.45, 7) is 6.08. The van der Waals surface area contributed by atoms with E-state index < -0.39 is 0 Å². The number of ether oxygens (including phenoxy) is 1. The van der Waals surface area contributed by atoms with Crippen molar-refractivity contribution in [3.63, 3.8) is 0 Å². The zero-order valence-corrected chi connectivity index (χ0v) is 16.6. The molecule has 0 spiro atoms. The molecule has 5 rings (SSSR count). The van der Waals surface area contributed by atoms with Crippen molar-refractivity contribution in [2.45, 2.75) is 51.0 Å². The van der Waals surface area contributed by atoms with E-state index in [-0.39, 0.29) is 11.6 Å². The lowest BCUT2D eigenvalue weighted by Crippen LogP contribution is -2.37. The molecule has 1 aliphatic carbocycles. The first-order chi connectivity index (χ1) is 13.8. The molecule has 3 aliphatic rings. The molecule has 2 aliphatic heterocycles. The zero-order chi connectivity index (χ0) is 18.9. The SMILES string of the molecule is O=c1[nH]c2[nH]nc(C3NCCC3CCCN3CCOCC3)c2c2c1CCCC2. The Bertz CT molecular complexity index is 883. The number of pyridine rings is 1. The summed E-state index contributed by atoms with van der Waals surface area (Å²) in [5.41, 5.74) is 4.23. The van der Waals surface area contributed by atoms with Crippen molar-refractivity contribution >= 4 is 11.0 Å². The highest BCUT2D eigenvalue weighted by atomic mass is 16.5. The second-order valence-corrected chi connectivity index (χ2v) is 8.55. The molecule has 7 nitrogen and oxygen atoms in total. The molecular formula is C21H31N5O2. The second kappa shape index (κ2) is 7.97. The molecule has 0 radical (unpaired) electrons. The minimum absolute atomic E-state index is 0.0684. The van der Waals surface area contributed by atoms with E-state index in [2.05, 4.69) is 20.3 Å². The van der Waals surface area contributed by atoms with Crippen LogP contribution in [0.15, 0.2) is 4.79 Å². The summed E-state index contributed by atoms with van der Waals surface area (Å²) in [6, 6.07) is 0.287. The van der Waals surface area contributed by atoms with Crippen LogP contribution in [0.1, 0.15) is 55.0 Å². The van der Waals surface area contributed by atoms with Crippen LogP contribution >= 0.6 is 0 Å². The van der Waals surface area contributed by atoms with E-state index in [0.717, 1.165) is 82.0 Å². The van der Waals surface area contributed by atoms with E-state index >= 15 is 0 Å². The normalized spacial score (nSPS) is 26.0. The Morgan fingerprint density at radius 2 is 1.96 bits per heavy atom. The van der Waals surface area contributed by atoms with Gasteiger partial charge in [-0.3, -0.25) is 14.8 Å². The van der Waals surface area contributed by atoms with Gasteiger partial charge < -0.3 is 15.0 Å². The molecule has 2 aromatic rings. The summed E-state index contributed by atoms with van der Waals surface area (Å²) < 4.78 is 5.45. The van der Waals surface area contributed by atoms with Gasteiger partial charge in [-0.1, -0.05) is 0 Å². The summed E-state index contributed by atoms with van der Waals surface area (Å²) in [5.74, 6) is 0.610. The summed E-state index contributed by atoms with van der Waals surface area (Å²) in [6.07, 6.45) is 7.81. The third-order valence-corrected chi connectivity index (χ3v) is 6.87. The lowest BCUT2D eigenvalue weighted by atomic mass is 9.87. The van der Waals surface area contributed by atoms with Crippen molar-refractivity contribution in [3.8, 4) is 0 Å². The zero-order valence-electron chi connectivity index (χ0n) is 16.6. The van der Waals surface area contributed by atoms with Gasteiger partial charge in [0.2, 0.25) is 0 Å². The summed E-state index contributed by atoms with van der Waals surface area (Å²) in [7, 11) is 0. The summed E-state index contributed by atoms with van der Waals surface area (Å²) in [5, 5.41) is 12.7. The maximum Gasteiger partial charge on any atom is 0.253 e. The number of aromatic amines is 2. The Morgan fingerprint density at radius 3 is 2.82 bits per heavy atom. The average Bonchev–Trinajstić information content (AvgIpc) is 3.36. The number of H-pyrrole nitrogens is 2. The van der Waals surface area contributed by atoms with Crippen LogP contribution in [0.25, 0.3) is 11.0 Å². The van der Waals surface area contributed by atoms with Gasteiger partial charge >= 0.3 is 0 Å². The van der Waals surface area contributed by atoms with Crippen LogP contribution in [0.2, 0.25) is 0 Å². The molecule has 2 atom stereocenters. The van der Waals surface area contributed by atoms with Crippen LogP contribution < -0.4 is 10.9 Å². The van der Waals surface area contributed by atoms with Gasteiger partial charge in [-0.2, -0.15) is 5.10 Å². The van der Waals surface area contributed by atoms with Crippen LogP contribution in [-0.2, 0) is 17.6 Å². The number of hydrogen-bond acceptors (Lipinski definition) is 5. The Labute approximate surface area is 165 Å². The van der Waals surface area contributed by atoms with Gasteiger partial charge in [0, 0.05) is 24.0 Å². The van der Waals surface area contributed by atoms with E-state index in [1.165, 1.54) is 30.2 Å². The topological polar surface area (TPSA) is 86.0 Å². The van der Waals surface area contributed by atoms with Crippen molar-refractivity contribution in [2.24, 2.45) is 5.92 Å². The van der Waals surface area contributed by atoms with E-state index in [9.17, 15) is 4.79 Å². The van der Waals surface area contributed by atoms with Gasteiger partial charge in [-0.25, -0.2) is 0 Å². The van der Waals surface area contributed by atoms with Crippen LogP contribution in [0, 0.1) is 5.92 Å². The summed E-state index contributed by atoms with van der Waals surface area (Å²) in [4.78, 5) is 18.0. The molecule has 7 heteroatoms. The molecular weight excluding hydrogens is 354 g/mol. The molecule has 2 fully saturated rings. The van der Waals surface area contributed by atoms with Gasteiger partial charge in [0.05, 0.1) is 24.9 Å². The van der Waals surface area contributed by atoms with Gasteiger partial charge in [0.25, 0.3) is 5.56 Å². The monoisotopic (exact) mass is 385 g/mol. The number of fused-ring (bicyclic) bond motifs is 3. The van der Waals surface area contributed by atoms with Gasteiger partial charge in [0.15, 0.2) is 0 Å². The first-order valence-electron chi connectivity index (χ1n) is 11.0. The molecule has 28 heavy (non-hydrogen) atoms. The van der Waals surface area contributed by atoms with Crippen LogP contribution in [0.4, 0.5) is 0 Å². The first-order valence-corrected chi connectivity index (χ1v) is 11.0. The third-order valence-electron chi connectivity index (χ3n) is 6.87. The molecule has 4 heterocycles. The van der Waals surface area contributed by atoms with Crippen LogP contribution in [-0.4, -0.2) is 59.5 Å². The van der Waals surface area contributed by atoms with Crippen molar-refractivity contribution in [1.29, 1.82) is 0 Å². The fourth-order valence-electron chi connectivity index (χ4n) is 5.39. The number of rotatable bonds is 5. The molecule has 2 aromatic heterocycles. The van der Waals surface area contributed by atoms with E-state index in [1.807, 2.05) is 0 Å². The molecule has 0 saturated carbocycles. The predicted octanol–water partition coefficient (Wildman–Crippen LogP) is 1.89. The Balaban J connectivity index is 1.36. The Kier molecular flexibility index (Phi) is 5.22. The van der Waals surface area contributed by atoms with Gasteiger partial charge in [-0.15, -0.1) is 0 Å². The molecule has 0 bridgehead atoms. The maximum atomic E-state index is 12.4. The van der Waals surface area contributed by atoms with E-state index in [4.69, 9.17) is 9.84 Å². The molecule has 2 saturated heterocycles. The first kappa shape index (κ1) is 18.3. The standard InChI is InChI=1S/C21H31N5O2/c27-21-16-6-2-1-5-15(16)17-19(24-25-20(17)23-21)18-14(7-8-22-18)4-3-9-26-10-12-28-13-11-26/h14,18,22H,1-13H2,(H2,23,24,25,27). The highest BCUT2D eigenvalue weighted by molar-refractivity contribution is 5.83. The van der Waals surface area contributed by atoms with Crippen molar-refractivity contribution in [1.82, 2.24) is 25.4 Å². The molecule has 152 valence electrons. The van der Waals surface area contributed by atoms with Gasteiger partial charge in [-0.05, 0) is 69.5 Å². The van der Waals surface area contributed by atoms with Crippen LogP contribution in [0.5, 0.6) is 0 Å². The lowest BCUT2D eigenvalue weighted by Gasteiger charge is -2.27. The largest absolute Gasteiger partial charge is 0.379 e.